The topological polar surface area (TPSA) is 72.4 Å². The molecule has 4 nitrogen and oxygen atoms in total. The lowest BCUT2D eigenvalue weighted by Crippen LogP contribution is -2.05. The molecule has 2 atom stereocenters. The van der Waals surface area contributed by atoms with Gasteiger partial charge in [0.1, 0.15) is 0 Å². The molecule has 0 N–H and O–H groups in total. The minimum absolute atomic E-state index is 3.62. The minimum Gasteiger partial charge on any atom is -0.818 e. The molecule has 0 aliphatic heterocycles. The molecule has 9 heavy (non-hydrogen) atoms. The van der Waals surface area contributed by atoms with Gasteiger partial charge in [0.25, 0.3) is 0 Å². The van der Waals surface area contributed by atoms with E-state index in [0.717, 1.165) is 0 Å². The highest BCUT2D eigenvalue weighted by atomic mass is 32.9. The van der Waals surface area contributed by atoms with Crippen LogP contribution in [0.25, 0.3) is 0 Å². The van der Waals surface area contributed by atoms with Crippen molar-refractivity contribution in [3.05, 3.63) is 0 Å². The van der Waals surface area contributed by atoms with Crippen LogP contribution >= 0.6 is 12.5 Å². The first-order valence-electron chi connectivity index (χ1n) is 1.46. The van der Waals surface area contributed by atoms with Gasteiger partial charge in [-0.3, -0.25) is 0 Å². The molecule has 56 valence electrons. The third-order valence-electron chi connectivity index (χ3n) is 0.200. The van der Waals surface area contributed by atoms with Crippen LogP contribution in [0.15, 0.2) is 0 Å². The summed E-state index contributed by atoms with van der Waals surface area (Å²) in [5.74, 6) is 0. The summed E-state index contributed by atoms with van der Waals surface area (Å²) in [7, 11) is 0. The maximum atomic E-state index is 10.2. The third-order valence-corrected chi connectivity index (χ3v) is 3.60. The van der Waals surface area contributed by atoms with Crippen molar-refractivity contribution < 1.29 is 18.7 Å². The summed E-state index contributed by atoms with van der Waals surface area (Å²) >= 11 is 11.6. The van der Waals surface area contributed by atoms with Crippen molar-refractivity contribution >= 4 is 48.8 Å². The van der Waals surface area contributed by atoms with Gasteiger partial charge in [-0.25, -0.2) is 0 Å². The molecule has 0 saturated heterocycles. The van der Waals surface area contributed by atoms with E-state index in [2.05, 4.69) is 40.6 Å². The Bertz CT molecular complexity index is 154. The van der Waals surface area contributed by atoms with E-state index in [1.165, 1.54) is 0 Å². The molecule has 0 fully saturated rings. The average Bonchev–Trinajstić information content (AvgIpc) is 1.14. The fourth-order valence-electron chi connectivity index (χ4n) is 0.122. The second-order valence-electron chi connectivity index (χ2n) is 0.976. The Morgan fingerprint density at radius 1 is 1.44 bits per heavy atom. The summed E-state index contributed by atoms with van der Waals surface area (Å²) in [6, 6.07) is 0. The van der Waals surface area contributed by atoms with Gasteiger partial charge in [0.15, 0.2) is 0 Å². The molecule has 0 radical (unpaired) electrons. The molecule has 0 amide bonds. The minimum atomic E-state index is -4.43. The summed E-state index contributed by atoms with van der Waals surface area (Å²) in [5, 5.41) is 0. The van der Waals surface area contributed by atoms with E-state index in [4.69, 9.17) is 0 Å². The van der Waals surface area contributed by atoms with Crippen LogP contribution in [-0.4, -0.2) is 0 Å². The SMILES string of the molecule is O=P([O-])([S-])OP([O-])(=S)[S-]. The fraction of sp³-hybridized carbons (Fsp3) is 0. The molecule has 0 bridgehead atoms. The highest BCUT2D eigenvalue weighted by Crippen LogP contribution is 2.51. The van der Waals surface area contributed by atoms with E-state index < -0.39 is 12.5 Å². The maximum absolute atomic E-state index is 10.2. The van der Waals surface area contributed by atoms with Crippen molar-refractivity contribution in [1.82, 2.24) is 0 Å². The average molecular weight is 222 g/mol. The van der Waals surface area contributed by atoms with Gasteiger partial charge in [-0.1, -0.05) is 0 Å². The van der Waals surface area contributed by atoms with Crippen molar-refractivity contribution in [3.8, 4) is 0 Å². The molecule has 0 spiro atoms. The van der Waals surface area contributed by atoms with E-state index in [9.17, 15) is 14.4 Å². The quantitative estimate of drug-likeness (QED) is 0.445. The highest BCUT2D eigenvalue weighted by molar-refractivity contribution is 8.52. The smallest absolute Gasteiger partial charge is 0.00443 e. The monoisotopic (exact) mass is 222 g/mol. The van der Waals surface area contributed by atoms with Gasteiger partial charge in [0.05, 0.1) is 0 Å². The summed E-state index contributed by atoms with van der Waals surface area (Å²) in [6.07, 6.45) is 0. The summed E-state index contributed by atoms with van der Waals surface area (Å²) in [5.41, 5.74) is -3.80. The van der Waals surface area contributed by atoms with E-state index >= 15 is 0 Å². The second-order valence-corrected chi connectivity index (χ2v) is 8.34. The molecule has 0 aromatic rings. The van der Waals surface area contributed by atoms with Gasteiger partial charge >= 0.3 is 0 Å². The molecule has 0 aromatic carbocycles. The molecule has 0 aromatic heterocycles. The van der Waals surface area contributed by atoms with Crippen molar-refractivity contribution in [2.45, 2.75) is 0 Å². The largest absolute Gasteiger partial charge is 0.818 e. The van der Waals surface area contributed by atoms with Gasteiger partial charge in [-0.05, 0) is 0 Å². The van der Waals surface area contributed by atoms with Crippen LogP contribution in [-0.2, 0) is 45.2 Å². The van der Waals surface area contributed by atoms with E-state index in [0.29, 0.717) is 0 Å². The third kappa shape index (κ3) is 9.46. The van der Waals surface area contributed by atoms with Crippen LogP contribution in [0.2, 0.25) is 0 Å². The Balaban J connectivity index is 4.07. The van der Waals surface area contributed by atoms with Gasteiger partial charge in [0.2, 0.25) is 0 Å². The molecular formula is O4P2S3-4. The van der Waals surface area contributed by atoms with Gasteiger partial charge < -0.3 is 43.2 Å². The van der Waals surface area contributed by atoms with Gasteiger partial charge in [-0.2, -0.15) is 0 Å². The van der Waals surface area contributed by atoms with Crippen molar-refractivity contribution in [3.63, 3.8) is 0 Å². The van der Waals surface area contributed by atoms with E-state index in [1.54, 1.807) is 0 Å². The Morgan fingerprint density at radius 2 is 1.78 bits per heavy atom. The molecule has 2 unspecified atom stereocenters. The molecule has 0 aliphatic rings. The predicted molar refractivity (Wildman–Crippen MR) is 37.7 cm³/mol. The lowest BCUT2D eigenvalue weighted by atomic mass is 15.8. The maximum Gasteiger partial charge on any atom is 0.00443 e. The van der Waals surface area contributed by atoms with Crippen LogP contribution in [0.4, 0.5) is 0 Å². The Kier molecular flexibility index (Phi) is 3.76. The Morgan fingerprint density at radius 3 is 1.78 bits per heavy atom. The van der Waals surface area contributed by atoms with Gasteiger partial charge in [0, 0.05) is 6.80 Å². The zero-order chi connectivity index (χ0) is 7.71. The summed E-state index contributed by atoms with van der Waals surface area (Å²) < 4.78 is 13.6. The van der Waals surface area contributed by atoms with Crippen molar-refractivity contribution in [2.75, 3.05) is 0 Å². The first kappa shape index (κ1) is 10.5. The van der Waals surface area contributed by atoms with E-state index in [-0.39, 0.29) is 0 Å². The predicted octanol–water partition coefficient (Wildman–Crippen LogP) is -0.850. The Hall–Kier alpha value is 1.46. The molecule has 0 heterocycles. The van der Waals surface area contributed by atoms with Crippen molar-refractivity contribution in [1.29, 1.82) is 0 Å². The fourth-order valence-corrected chi connectivity index (χ4v) is 4.29. The normalized spacial score (nSPS) is 24.4. The first-order chi connectivity index (χ1) is 3.71. The van der Waals surface area contributed by atoms with Crippen LogP contribution in [0.5, 0.6) is 0 Å². The van der Waals surface area contributed by atoms with Crippen LogP contribution in [0, 0.1) is 0 Å². The summed E-state index contributed by atoms with van der Waals surface area (Å²) in [4.78, 5) is 20.2. The van der Waals surface area contributed by atoms with Crippen molar-refractivity contribution in [2.24, 2.45) is 0 Å². The first-order valence-corrected chi connectivity index (χ1v) is 7.67. The number of hydrogen-bond donors (Lipinski definition) is 0. The second kappa shape index (κ2) is 3.24. The molecule has 9 heteroatoms. The highest BCUT2D eigenvalue weighted by Gasteiger charge is 1.85. The molecule has 0 rings (SSSR count). The van der Waals surface area contributed by atoms with E-state index in [1.807, 2.05) is 0 Å². The Labute approximate surface area is 67.6 Å². The molecular weight excluding hydrogens is 222 g/mol. The van der Waals surface area contributed by atoms with Crippen LogP contribution < -0.4 is 9.79 Å². The lowest BCUT2D eigenvalue weighted by Gasteiger charge is -2.44. The number of hydrogen-bond acceptors (Lipinski definition) is 7. The summed E-state index contributed by atoms with van der Waals surface area (Å²) in [6.45, 7) is -4.43. The molecule has 0 aliphatic carbocycles. The standard InChI is InChI=1S/H4O4P2S3/c1-5(2,7)4-6(3,8)9/h(H2,1,2,7)(H2,3,8,9)/p-4. The lowest BCUT2D eigenvalue weighted by molar-refractivity contribution is -0.196. The zero-order valence-corrected chi connectivity index (χ0v) is 7.99. The van der Waals surface area contributed by atoms with Crippen LogP contribution in [0.3, 0.4) is 0 Å². The zero-order valence-electron chi connectivity index (χ0n) is 3.75. The van der Waals surface area contributed by atoms with Gasteiger partial charge in [-0.15, -0.1) is 17.5 Å². The number of rotatable bonds is 2. The van der Waals surface area contributed by atoms with Crippen LogP contribution in [0.1, 0.15) is 0 Å². The molecule has 0 saturated carbocycles.